The van der Waals surface area contributed by atoms with E-state index in [1.54, 1.807) is 4.90 Å². The lowest BCUT2D eigenvalue weighted by Gasteiger charge is -2.17. The van der Waals surface area contributed by atoms with E-state index in [1.165, 1.54) is 0 Å². The predicted molar refractivity (Wildman–Crippen MR) is 99.8 cm³/mol. The van der Waals surface area contributed by atoms with E-state index < -0.39 is 0 Å². The highest BCUT2D eigenvalue weighted by molar-refractivity contribution is 6.30. The standard InChI is InChI=1S/C20H21ClN2O2/c1-14-3-2-4-18(11-14)23-13-16(12-19(23)24)20(25)22-10-9-15-5-7-17(21)8-6-15/h2-8,11,16H,9-10,12-13H2,1H3,(H,22,25). The van der Waals surface area contributed by atoms with Crippen molar-refractivity contribution in [3.05, 3.63) is 64.7 Å². The topological polar surface area (TPSA) is 49.4 Å². The van der Waals surface area contributed by atoms with Crippen LogP contribution in [0.4, 0.5) is 5.69 Å². The molecule has 0 saturated carbocycles. The number of rotatable bonds is 5. The first-order valence-electron chi connectivity index (χ1n) is 8.42. The fourth-order valence-electron chi connectivity index (χ4n) is 3.05. The molecule has 0 aromatic heterocycles. The Morgan fingerprint density at radius 2 is 2.00 bits per heavy atom. The quantitative estimate of drug-likeness (QED) is 0.893. The summed E-state index contributed by atoms with van der Waals surface area (Å²) in [5.74, 6) is -0.348. The second-order valence-corrected chi connectivity index (χ2v) is 6.85. The van der Waals surface area contributed by atoms with Gasteiger partial charge in [-0.05, 0) is 48.7 Å². The van der Waals surface area contributed by atoms with Gasteiger partial charge in [-0.25, -0.2) is 0 Å². The Bertz CT molecular complexity index is 774. The van der Waals surface area contributed by atoms with E-state index in [2.05, 4.69) is 5.32 Å². The molecule has 1 atom stereocenters. The summed E-state index contributed by atoms with van der Waals surface area (Å²) in [6.45, 7) is 2.98. The molecule has 1 unspecified atom stereocenters. The summed E-state index contributed by atoms with van der Waals surface area (Å²) in [6.07, 6.45) is 1.01. The first kappa shape index (κ1) is 17.5. The van der Waals surface area contributed by atoms with Gasteiger partial charge in [0, 0.05) is 30.2 Å². The van der Waals surface area contributed by atoms with Crippen molar-refractivity contribution < 1.29 is 9.59 Å². The first-order chi connectivity index (χ1) is 12.0. The molecule has 1 N–H and O–H groups in total. The fourth-order valence-corrected chi connectivity index (χ4v) is 3.18. The van der Waals surface area contributed by atoms with Crippen molar-refractivity contribution in [2.75, 3.05) is 18.0 Å². The molecule has 0 aliphatic carbocycles. The molecule has 2 amide bonds. The average molecular weight is 357 g/mol. The Labute approximate surface area is 152 Å². The van der Waals surface area contributed by atoms with Crippen molar-refractivity contribution in [1.29, 1.82) is 0 Å². The van der Waals surface area contributed by atoms with Crippen LogP contribution in [0.2, 0.25) is 5.02 Å². The van der Waals surface area contributed by atoms with Crippen molar-refractivity contribution in [2.45, 2.75) is 19.8 Å². The van der Waals surface area contributed by atoms with Gasteiger partial charge in [-0.1, -0.05) is 35.9 Å². The van der Waals surface area contributed by atoms with E-state index in [4.69, 9.17) is 11.6 Å². The molecule has 2 aromatic rings. The Balaban J connectivity index is 1.53. The molecule has 4 nitrogen and oxygen atoms in total. The summed E-state index contributed by atoms with van der Waals surface area (Å²) >= 11 is 5.86. The van der Waals surface area contributed by atoms with Gasteiger partial charge in [-0.3, -0.25) is 9.59 Å². The maximum absolute atomic E-state index is 12.4. The van der Waals surface area contributed by atoms with E-state index in [1.807, 2.05) is 55.5 Å². The Morgan fingerprint density at radius 1 is 1.24 bits per heavy atom. The lowest BCUT2D eigenvalue weighted by Crippen LogP contribution is -2.34. The minimum atomic E-state index is -0.293. The SMILES string of the molecule is Cc1cccc(N2CC(C(=O)NCCc3ccc(Cl)cc3)CC2=O)c1. The number of benzene rings is 2. The smallest absolute Gasteiger partial charge is 0.227 e. The third kappa shape index (κ3) is 4.40. The third-order valence-corrected chi connectivity index (χ3v) is 4.69. The monoisotopic (exact) mass is 356 g/mol. The summed E-state index contributed by atoms with van der Waals surface area (Å²) in [7, 11) is 0. The van der Waals surface area contributed by atoms with Crippen molar-refractivity contribution in [1.82, 2.24) is 5.32 Å². The number of amides is 2. The van der Waals surface area contributed by atoms with Crippen LogP contribution in [0.5, 0.6) is 0 Å². The van der Waals surface area contributed by atoms with E-state index in [-0.39, 0.29) is 24.2 Å². The van der Waals surface area contributed by atoms with Gasteiger partial charge < -0.3 is 10.2 Å². The molecular formula is C20H21ClN2O2. The van der Waals surface area contributed by atoms with Crippen LogP contribution in [0.15, 0.2) is 48.5 Å². The first-order valence-corrected chi connectivity index (χ1v) is 8.80. The number of carbonyl (C=O) groups excluding carboxylic acids is 2. The molecule has 0 spiro atoms. The van der Waals surface area contributed by atoms with E-state index in [0.29, 0.717) is 18.1 Å². The van der Waals surface area contributed by atoms with E-state index >= 15 is 0 Å². The molecule has 1 fully saturated rings. The molecule has 1 aliphatic rings. The van der Waals surface area contributed by atoms with E-state index in [0.717, 1.165) is 23.2 Å². The number of nitrogens with zero attached hydrogens (tertiary/aromatic N) is 1. The number of hydrogen-bond donors (Lipinski definition) is 1. The summed E-state index contributed by atoms with van der Waals surface area (Å²) in [5.41, 5.74) is 3.08. The molecule has 0 radical (unpaired) electrons. The zero-order chi connectivity index (χ0) is 17.8. The van der Waals surface area contributed by atoms with Gasteiger partial charge in [0.15, 0.2) is 0 Å². The number of halogens is 1. The predicted octanol–water partition coefficient (Wildman–Crippen LogP) is 3.36. The molecule has 1 heterocycles. The van der Waals surface area contributed by atoms with E-state index in [9.17, 15) is 9.59 Å². The minimum absolute atomic E-state index is 0.00320. The van der Waals surface area contributed by atoms with Crippen molar-refractivity contribution >= 4 is 29.1 Å². The number of nitrogens with one attached hydrogen (secondary N) is 1. The number of anilines is 1. The van der Waals surface area contributed by atoms with Gasteiger partial charge in [0.2, 0.25) is 11.8 Å². The Morgan fingerprint density at radius 3 is 2.72 bits per heavy atom. The van der Waals surface area contributed by atoms with Gasteiger partial charge in [0.05, 0.1) is 5.92 Å². The zero-order valence-electron chi connectivity index (χ0n) is 14.2. The second-order valence-electron chi connectivity index (χ2n) is 6.41. The Kier molecular flexibility index (Phi) is 5.39. The molecule has 5 heteroatoms. The second kappa shape index (κ2) is 7.70. The van der Waals surface area contributed by atoms with Crippen LogP contribution < -0.4 is 10.2 Å². The molecule has 0 bridgehead atoms. The van der Waals surface area contributed by atoms with Crippen LogP contribution in [-0.2, 0) is 16.0 Å². The van der Waals surface area contributed by atoms with Crippen molar-refractivity contribution in [3.63, 3.8) is 0 Å². The summed E-state index contributed by atoms with van der Waals surface area (Å²) in [4.78, 5) is 26.3. The van der Waals surface area contributed by atoms with Gasteiger partial charge in [-0.2, -0.15) is 0 Å². The summed E-state index contributed by atoms with van der Waals surface area (Å²) < 4.78 is 0. The summed E-state index contributed by atoms with van der Waals surface area (Å²) in [6, 6.07) is 15.4. The van der Waals surface area contributed by atoms with Crippen LogP contribution in [0, 0.1) is 12.8 Å². The van der Waals surface area contributed by atoms with Crippen LogP contribution in [0.25, 0.3) is 0 Å². The van der Waals surface area contributed by atoms with Crippen LogP contribution in [-0.4, -0.2) is 24.9 Å². The third-order valence-electron chi connectivity index (χ3n) is 4.44. The largest absolute Gasteiger partial charge is 0.355 e. The molecule has 130 valence electrons. The highest BCUT2D eigenvalue weighted by Crippen LogP contribution is 2.25. The molecule has 1 saturated heterocycles. The molecular weight excluding hydrogens is 336 g/mol. The molecule has 1 aliphatic heterocycles. The maximum Gasteiger partial charge on any atom is 0.227 e. The molecule has 3 rings (SSSR count). The Hall–Kier alpha value is -2.33. The lowest BCUT2D eigenvalue weighted by atomic mass is 10.1. The highest BCUT2D eigenvalue weighted by atomic mass is 35.5. The number of aryl methyl sites for hydroxylation is 1. The van der Waals surface area contributed by atoms with Gasteiger partial charge in [0.1, 0.15) is 0 Å². The normalized spacial score (nSPS) is 17.0. The van der Waals surface area contributed by atoms with Crippen LogP contribution in [0.1, 0.15) is 17.5 Å². The summed E-state index contributed by atoms with van der Waals surface area (Å²) in [5, 5.41) is 3.64. The van der Waals surface area contributed by atoms with Gasteiger partial charge in [-0.15, -0.1) is 0 Å². The molecule has 25 heavy (non-hydrogen) atoms. The zero-order valence-corrected chi connectivity index (χ0v) is 14.9. The minimum Gasteiger partial charge on any atom is -0.355 e. The van der Waals surface area contributed by atoms with Crippen LogP contribution in [0.3, 0.4) is 0 Å². The average Bonchev–Trinajstić information content (AvgIpc) is 2.98. The lowest BCUT2D eigenvalue weighted by molar-refractivity contribution is -0.126. The highest BCUT2D eigenvalue weighted by Gasteiger charge is 2.34. The van der Waals surface area contributed by atoms with Crippen molar-refractivity contribution in [3.8, 4) is 0 Å². The molecule has 2 aromatic carbocycles. The van der Waals surface area contributed by atoms with Crippen LogP contribution >= 0.6 is 11.6 Å². The number of hydrogen-bond acceptors (Lipinski definition) is 2. The van der Waals surface area contributed by atoms with Gasteiger partial charge in [0.25, 0.3) is 0 Å². The number of carbonyl (C=O) groups is 2. The van der Waals surface area contributed by atoms with Crippen molar-refractivity contribution in [2.24, 2.45) is 5.92 Å². The fraction of sp³-hybridized carbons (Fsp3) is 0.300. The maximum atomic E-state index is 12.4. The van der Waals surface area contributed by atoms with Gasteiger partial charge >= 0.3 is 0 Å².